The van der Waals surface area contributed by atoms with Gasteiger partial charge >= 0.3 is 0 Å². The molecule has 1 aromatic carbocycles. The fourth-order valence-electron chi connectivity index (χ4n) is 1.75. The number of rotatable bonds is 2. The van der Waals surface area contributed by atoms with Crippen molar-refractivity contribution in [1.29, 1.82) is 0 Å². The smallest absolute Gasteiger partial charge is 0.272 e. The molecule has 1 amide bonds. The Bertz CT molecular complexity index is 693. The Hall–Kier alpha value is -2.76. The molecule has 1 aromatic heterocycles. The second kappa shape index (κ2) is 4.49. The number of carbonyl (C=O) groups is 1. The summed E-state index contributed by atoms with van der Waals surface area (Å²) in [6.07, 6.45) is 1.43. The zero-order valence-corrected chi connectivity index (χ0v) is 9.80. The molecule has 0 atom stereocenters. The van der Waals surface area contributed by atoms with Crippen LogP contribution in [0.4, 0.5) is 5.69 Å². The quantitative estimate of drug-likeness (QED) is 0.852. The number of carbonyl (C=O) groups excluding carboxylic acids is 1. The number of hydrogen-bond acceptors (Lipinski definition) is 4. The second-order valence-electron chi connectivity index (χ2n) is 3.96. The largest absolute Gasteiger partial charge is 0.454 e. The van der Waals surface area contributed by atoms with E-state index >= 15 is 0 Å². The Morgan fingerprint density at radius 2 is 2.00 bits per heavy atom. The number of hydrogen-bond donors (Lipinski definition) is 2. The summed E-state index contributed by atoms with van der Waals surface area (Å²) in [5.74, 6) is 0.835. The van der Waals surface area contributed by atoms with Crippen LogP contribution in [0.15, 0.2) is 41.3 Å². The molecular weight excluding hydrogens is 248 g/mol. The fraction of sp³-hybridized carbons (Fsp3) is 0.0769. The number of ether oxygens (including phenoxy) is 2. The van der Waals surface area contributed by atoms with Gasteiger partial charge in [0.05, 0.1) is 0 Å². The van der Waals surface area contributed by atoms with Gasteiger partial charge in [0.25, 0.3) is 5.91 Å². The summed E-state index contributed by atoms with van der Waals surface area (Å²) in [6.45, 7) is 0.179. The first-order valence-electron chi connectivity index (χ1n) is 5.62. The first-order valence-corrected chi connectivity index (χ1v) is 5.62. The van der Waals surface area contributed by atoms with E-state index in [9.17, 15) is 9.59 Å². The van der Waals surface area contributed by atoms with Gasteiger partial charge in [-0.1, -0.05) is 0 Å². The first-order chi connectivity index (χ1) is 9.22. The van der Waals surface area contributed by atoms with Gasteiger partial charge in [0.1, 0.15) is 5.69 Å². The van der Waals surface area contributed by atoms with Crippen LogP contribution in [0.3, 0.4) is 0 Å². The summed E-state index contributed by atoms with van der Waals surface area (Å²) in [5.41, 5.74) is 0.540. The maximum Gasteiger partial charge on any atom is 0.272 e. The molecule has 0 aliphatic carbocycles. The number of pyridine rings is 1. The average molecular weight is 258 g/mol. The molecule has 19 heavy (non-hydrogen) atoms. The van der Waals surface area contributed by atoms with Crippen LogP contribution in [0.1, 0.15) is 10.5 Å². The van der Waals surface area contributed by atoms with Crippen molar-refractivity contribution in [3.05, 3.63) is 52.4 Å². The molecule has 0 unspecified atom stereocenters. The normalized spacial score (nSPS) is 12.2. The van der Waals surface area contributed by atoms with Gasteiger partial charge in [-0.2, -0.15) is 0 Å². The van der Waals surface area contributed by atoms with Crippen molar-refractivity contribution in [2.24, 2.45) is 0 Å². The van der Waals surface area contributed by atoms with Gasteiger partial charge in [-0.25, -0.2) is 0 Å². The van der Waals surface area contributed by atoms with Crippen LogP contribution in [-0.2, 0) is 0 Å². The molecule has 0 fully saturated rings. The number of aromatic nitrogens is 1. The van der Waals surface area contributed by atoms with E-state index in [4.69, 9.17) is 9.47 Å². The Labute approximate surface area is 108 Å². The van der Waals surface area contributed by atoms with Gasteiger partial charge in [0, 0.05) is 30.1 Å². The molecule has 96 valence electrons. The van der Waals surface area contributed by atoms with Crippen molar-refractivity contribution in [3.8, 4) is 11.5 Å². The second-order valence-corrected chi connectivity index (χ2v) is 3.96. The number of fused-ring (bicyclic) bond motifs is 1. The Morgan fingerprint density at radius 1 is 1.16 bits per heavy atom. The van der Waals surface area contributed by atoms with Crippen LogP contribution >= 0.6 is 0 Å². The third-order valence-corrected chi connectivity index (χ3v) is 2.65. The predicted molar refractivity (Wildman–Crippen MR) is 67.6 cm³/mol. The van der Waals surface area contributed by atoms with Crippen LogP contribution in [0, 0.1) is 0 Å². The first kappa shape index (κ1) is 11.3. The minimum absolute atomic E-state index is 0.179. The summed E-state index contributed by atoms with van der Waals surface area (Å²) in [7, 11) is 0. The van der Waals surface area contributed by atoms with Gasteiger partial charge in [0.15, 0.2) is 16.9 Å². The predicted octanol–water partition coefficient (Wildman–Crippen LogP) is 1.36. The zero-order valence-electron chi connectivity index (χ0n) is 9.80. The minimum Gasteiger partial charge on any atom is -0.454 e. The van der Waals surface area contributed by atoms with Gasteiger partial charge in [-0.3, -0.25) is 9.59 Å². The van der Waals surface area contributed by atoms with Gasteiger partial charge in [-0.15, -0.1) is 0 Å². The molecule has 0 saturated heterocycles. The average Bonchev–Trinajstić information content (AvgIpc) is 2.86. The number of benzene rings is 1. The summed E-state index contributed by atoms with van der Waals surface area (Å²) in [6, 6.07) is 7.67. The molecule has 2 heterocycles. The molecule has 0 spiro atoms. The third kappa shape index (κ3) is 2.28. The van der Waals surface area contributed by atoms with Crippen molar-refractivity contribution in [2.45, 2.75) is 0 Å². The highest BCUT2D eigenvalue weighted by Crippen LogP contribution is 2.34. The summed E-state index contributed by atoms with van der Waals surface area (Å²) in [4.78, 5) is 25.8. The van der Waals surface area contributed by atoms with E-state index < -0.39 is 5.91 Å². The van der Waals surface area contributed by atoms with Crippen molar-refractivity contribution in [2.75, 3.05) is 12.1 Å². The standard InChI is InChI=1S/C13H10N2O4/c16-9-3-4-14-10(6-9)13(17)15-8-1-2-11-12(5-8)19-7-18-11/h1-6H,7H2,(H,14,16)(H,15,17). The van der Waals surface area contributed by atoms with Gasteiger partial charge in [0.2, 0.25) is 6.79 Å². The molecule has 6 nitrogen and oxygen atoms in total. The minimum atomic E-state index is -0.392. The highest BCUT2D eigenvalue weighted by Gasteiger charge is 2.14. The Balaban J connectivity index is 1.82. The van der Waals surface area contributed by atoms with E-state index in [1.807, 2.05) is 0 Å². The van der Waals surface area contributed by atoms with Gasteiger partial charge in [-0.05, 0) is 12.1 Å². The van der Waals surface area contributed by atoms with Crippen molar-refractivity contribution >= 4 is 11.6 Å². The zero-order chi connectivity index (χ0) is 13.2. The van der Waals surface area contributed by atoms with Crippen LogP contribution in [0.5, 0.6) is 11.5 Å². The lowest BCUT2D eigenvalue weighted by molar-refractivity contribution is 0.102. The summed E-state index contributed by atoms with van der Waals surface area (Å²) >= 11 is 0. The highest BCUT2D eigenvalue weighted by molar-refractivity contribution is 6.02. The molecule has 6 heteroatoms. The third-order valence-electron chi connectivity index (χ3n) is 2.65. The van der Waals surface area contributed by atoms with Crippen LogP contribution in [-0.4, -0.2) is 17.7 Å². The number of nitrogens with one attached hydrogen (secondary N) is 2. The molecular formula is C13H10N2O4. The Kier molecular flexibility index (Phi) is 2.68. The molecule has 0 bridgehead atoms. The van der Waals surface area contributed by atoms with E-state index in [-0.39, 0.29) is 17.9 Å². The lowest BCUT2D eigenvalue weighted by atomic mass is 10.2. The van der Waals surface area contributed by atoms with E-state index in [2.05, 4.69) is 10.3 Å². The number of H-pyrrole nitrogens is 1. The van der Waals surface area contributed by atoms with Crippen LogP contribution < -0.4 is 20.2 Å². The molecule has 0 radical (unpaired) electrons. The topological polar surface area (TPSA) is 80.4 Å². The summed E-state index contributed by atoms with van der Waals surface area (Å²) in [5, 5.41) is 2.67. The lowest BCUT2D eigenvalue weighted by Gasteiger charge is -2.05. The molecule has 1 aliphatic rings. The lowest BCUT2D eigenvalue weighted by Crippen LogP contribution is -2.16. The van der Waals surface area contributed by atoms with Crippen molar-refractivity contribution in [1.82, 2.24) is 4.98 Å². The van der Waals surface area contributed by atoms with E-state index in [0.29, 0.717) is 17.2 Å². The SMILES string of the molecule is O=C(Nc1ccc2c(c1)OCO2)c1cc(=O)cc[nH]1. The summed E-state index contributed by atoms with van der Waals surface area (Å²) < 4.78 is 10.4. The van der Waals surface area contributed by atoms with Gasteiger partial charge < -0.3 is 19.8 Å². The molecule has 2 aromatic rings. The maximum absolute atomic E-state index is 11.9. The fourth-order valence-corrected chi connectivity index (χ4v) is 1.75. The van der Waals surface area contributed by atoms with E-state index in [0.717, 1.165) is 0 Å². The molecule has 3 rings (SSSR count). The van der Waals surface area contributed by atoms with Crippen molar-refractivity contribution in [3.63, 3.8) is 0 Å². The monoisotopic (exact) mass is 258 g/mol. The number of amides is 1. The van der Waals surface area contributed by atoms with E-state index in [1.165, 1.54) is 18.3 Å². The van der Waals surface area contributed by atoms with E-state index in [1.54, 1.807) is 18.2 Å². The highest BCUT2D eigenvalue weighted by atomic mass is 16.7. The van der Waals surface area contributed by atoms with Crippen LogP contribution in [0.25, 0.3) is 0 Å². The molecule has 2 N–H and O–H groups in total. The van der Waals surface area contributed by atoms with Crippen molar-refractivity contribution < 1.29 is 14.3 Å². The number of aromatic amines is 1. The number of anilines is 1. The molecule has 0 saturated carbocycles. The maximum atomic E-state index is 11.9. The van der Waals surface area contributed by atoms with Crippen LogP contribution in [0.2, 0.25) is 0 Å². The Morgan fingerprint density at radius 3 is 2.84 bits per heavy atom. The molecule has 1 aliphatic heterocycles.